The summed E-state index contributed by atoms with van der Waals surface area (Å²) in [5, 5.41) is 42.5. The maximum atomic E-state index is 11.4. The average molecular weight is 670 g/mol. The summed E-state index contributed by atoms with van der Waals surface area (Å²) in [4.78, 5) is 0. The van der Waals surface area contributed by atoms with Crippen LogP contribution in [0.2, 0.25) is 0 Å². The Morgan fingerprint density at radius 1 is 0.848 bits per heavy atom. The van der Waals surface area contributed by atoms with E-state index in [0.29, 0.717) is 13.2 Å². The summed E-state index contributed by atoms with van der Waals surface area (Å²) in [6.07, 6.45) is -4.97. The summed E-state index contributed by atoms with van der Waals surface area (Å²) in [6.45, 7) is 13.0. The molecule has 2 aliphatic rings. The molecule has 2 aliphatic heterocycles. The number of unbranched alkanes of at least 4 members (excludes halogenated alkanes) is 1. The minimum Gasteiger partial charge on any atom is -0.400 e. The van der Waals surface area contributed by atoms with Gasteiger partial charge in [0.05, 0.1) is 77.8 Å². The molecule has 12 atom stereocenters. The predicted octanol–water partition coefficient (Wildman–Crippen LogP) is 0.576. The smallest absolute Gasteiger partial charge is 0.295 e. The molecule has 2 fully saturated rings. The van der Waals surface area contributed by atoms with Gasteiger partial charge in [0.15, 0.2) is 12.4 Å². The third-order valence-corrected chi connectivity index (χ3v) is 7.59. The first-order valence-electron chi connectivity index (χ1n) is 16.4. The third-order valence-electron chi connectivity index (χ3n) is 7.59. The molecule has 0 aromatic carbocycles. The molecule has 2 heterocycles. The van der Waals surface area contributed by atoms with Crippen LogP contribution in [0.3, 0.4) is 0 Å². The lowest BCUT2D eigenvalue weighted by Gasteiger charge is -2.44. The number of hydrogen-bond acceptors (Lipinski definition) is 13. The molecule has 4 N–H and O–H groups in total. The molecule has 0 aromatic heterocycles. The van der Waals surface area contributed by atoms with E-state index >= 15 is 0 Å². The second-order valence-corrected chi connectivity index (χ2v) is 12.4. The number of ether oxygens (including phenoxy) is 9. The topological polar surface area (TPSA) is 167 Å². The van der Waals surface area contributed by atoms with E-state index in [2.05, 4.69) is 17.9 Å². The van der Waals surface area contributed by atoms with Crippen molar-refractivity contribution < 1.29 is 67.4 Å². The zero-order valence-electron chi connectivity index (χ0n) is 28.6. The molecule has 272 valence electrons. The van der Waals surface area contributed by atoms with Gasteiger partial charge in [-0.25, -0.2) is 0 Å². The molecule has 14 heteroatoms. The molecular weight excluding hydrogens is 608 g/mol. The Bertz CT molecular complexity index is 790. The van der Waals surface area contributed by atoms with E-state index in [4.69, 9.17) is 42.6 Å². The van der Waals surface area contributed by atoms with Crippen LogP contribution < -0.4 is 0 Å². The second-order valence-electron chi connectivity index (χ2n) is 12.4. The predicted molar refractivity (Wildman–Crippen MR) is 168 cm³/mol. The normalized spacial score (nSPS) is 31.5. The summed E-state index contributed by atoms with van der Waals surface area (Å²) >= 11 is 0. The van der Waals surface area contributed by atoms with Gasteiger partial charge in [0, 0.05) is 12.5 Å². The molecule has 0 radical (unpaired) electrons. The van der Waals surface area contributed by atoms with Gasteiger partial charge in [-0.05, 0) is 20.3 Å². The Labute approximate surface area is 274 Å². The summed E-state index contributed by atoms with van der Waals surface area (Å²) in [5.74, 6) is -0.213. The minimum atomic E-state index is -1.12. The fourth-order valence-corrected chi connectivity index (χ4v) is 4.84. The van der Waals surface area contributed by atoms with Crippen molar-refractivity contribution in [1.29, 1.82) is 0 Å². The van der Waals surface area contributed by atoms with Crippen LogP contribution in [0.15, 0.2) is 12.7 Å². The van der Waals surface area contributed by atoms with Crippen molar-refractivity contribution in [3.63, 3.8) is 0 Å². The Morgan fingerprint density at radius 2 is 1.46 bits per heavy atom. The third kappa shape index (κ3) is 14.7. The number of aliphatic hydroxyl groups excluding tert-OH is 4. The Kier molecular flexibility index (Phi) is 20.4. The zero-order valence-corrected chi connectivity index (χ0v) is 28.6. The summed E-state index contributed by atoms with van der Waals surface area (Å²) in [6, 6.07) is 0. The first kappa shape index (κ1) is 41.4. The summed E-state index contributed by atoms with van der Waals surface area (Å²) in [5.41, 5.74) is 0. The molecule has 2 rings (SSSR count). The molecule has 46 heavy (non-hydrogen) atoms. The number of hydrogen-bond donors (Lipinski definition) is 4. The van der Waals surface area contributed by atoms with Gasteiger partial charge in [0.25, 0.3) is 6.29 Å². The standard InChI is InChI=1S/C32H61O14/c1-8-10-12-38-17-25(34)19-39-22(4)14-41-29-27(35)21(3)13-43-31(29)45-26-20-44-32(46(6)7)30(28(26)36)42-15-23(5)40-18-24(33)16-37-11-9-2/h9,21-36H,2,8,10-20H2,1,3-7H3/q+1. The number of aliphatic hydroxyl groups is 4. The van der Waals surface area contributed by atoms with E-state index in [1.165, 1.54) is 0 Å². The lowest BCUT2D eigenvalue weighted by molar-refractivity contribution is -0.362. The van der Waals surface area contributed by atoms with E-state index in [1.54, 1.807) is 27.2 Å². The molecule has 0 aliphatic carbocycles. The van der Waals surface area contributed by atoms with Gasteiger partial charge < -0.3 is 67.4 Å². The van der Waals surface area contributed by atoms with Gasteiger partial charge in [-0.3, -0.25) is 0 Å². The average Bonchev–Trinajstić information content (AvgIpc) is 3.02. The molecule has 0 aromatic rings. The Balaban J connectivity index is 1.92. The first-order valence-corrected chi connectivity index (χ1v) is 16.4. The van der Waals surface area contributed by atoms with E-state index in [9.17, 15) is 20.4 Å². The minimum absolute atomic E-state index is 0.0375. The van der Waals surface area contributed by atoms with Crippen LogP contribution in [0.4, 0.5) is 0 Å². The SMILES string of the molecule is C=CCOCC(O)COC(C)COC1C(O)C(OC2OCC(C)C(O)C2OCC(C)OCC(O)COCCCC)COC1[O+](C)C. The first-order chi connectivity index (χ1) is 22.0. The maximum absolute atomic E-state index is 11.4. The van der Waals surface area contributed by atoms with Crippen molar-refractivity contribution in [3.8, 4) is 0 Å². The summed E-state index contributed by atoms with van der Waals surface area (Å²) in [7, 11) is 3.48. The van der Waals surface area contributed by atoms with E-state index < -0.39 is 61.4 Å². The van der Waals surface area contributed by atoms with Crippen LogP contribution >= 0.6 is 0 Å². The highest BCUT2D eigenvalue weighted by Crippen LogP contribution is 2.29. The molecule has 0 spiro atoms. The maximum Gasteiger partial charge on any atom is 0.295 e. The van der Waals surface area contributed by atoms with Crippen molar-refractivity contribution in [1.82, 2.24) is 0 Å². The fraction of sp³-hybridized carbons (Fsp3) is 0.938. The molecule has 12 unspecified atom stereocenters. The molecule has 0 bridgehead atoms. The lowest BCUT2D eigenvalue weighted by Crippen LogP contribution is -2.60. The largest absolute Gasteiger partial charge is 0.400 e. The van der Waals surface area contributed by atoms with Crippen molar-refractivity contribution in [2.45, 2.75) is 108 Å². The van der Waals surface area contributed by atoms with Gasteiger partial charge in [-0.2, -0.15) is 0 Å². The van der Waals surface area contributed by atoms with Crippen LogP contribution in [-0.2, 0) is 47.0 Å². The highest BCUT2D eigenvalue weighted by Gasteiger charge is 2.49. The summed E-state index contributed by atoms with van der Waals surface area (Å²) < 4.78 is 55.0. The Hall–Kier alpha value is -0.820. The van der Waals surface area contributed by atoms with Gasteiger partial charge in [-0.15, -0.1) is 6.58 Å². The van der Waals surface area contributed by atoms with Crippen LogP contribution in [0, 0.1) is 5.92 Å². The van der Waals surface area contributed by atoms with Crippen LogP contribution in [-0.4, -0.2) is 168 Å². The van der Waals surface area contributed by atoms with Gasteiger partial charge >= 0.3 is 0 Å². The monoisotopic (exact) mass is 669 g/mol. The quantitative estimate of drug-likeness (QED) is 0.0641. The van der Waals surface area contributed by atoms with Crippen molar-refractivity contribution in [2.24, 2.45) is 5.92 Å². The van der Waals surface area contributed by atoms with Crippen molar-refractivity contribution in [2.75, 3.05) is 80.3 Å². The van der Waals surface area contributed by atoms with Crippen molar-refractivity contribution in [3.05, 3.63) is 12.7 Å². The van der Waals surface area contributed by atoms with Crippen molar-refractivity contribution >= 4 is 0 Å². The van der Waals surface area contributed by atoms with Gasteiger partial charge in [0.1, 0.15) is 44.7 Å². The number of rotatable bonds is 24. The Morgan fingerprint density at radius 3 is 2.04 bits per heavy atom. The molecular formula is C32H61O14+. The second kappa shape index (κ2) is 22.7. The van der Waals surface area contributed by atoms with Gasteiger partial charge in [0.2, 0.25) is 0 Å². The van der Waals surface area contributed by atoms with E-state index in [-0.39, 0.29) is 64.9 Å². The highest BCUT2D eigenvalue weighted by molar-refractivity contribution is 4.89. The van der Waals surface area contributed by atoms with Crippen LogP contribution in [0.25, 0.3) is 0 Å². The molecule has 14 nitrogen and oxygen atoms in total. The molecule has 0 saturated carbocycles. The fourth-order valence-electron chi connectivity index (χ4n) is 4.84. The molecule has 2 saturated heterocycles. The van der Waals surface area contributed by atoms with Gasteiger partial charge in [-0.1, -0.05) is 26.3 Å². The zero-order chi connectivity index (χ0) is 34.1. The van der Waals surface area contributed by atoms with Crippen LogP contribution in [0.5, 0.6) is 0 Å². The van der Waals surface area contributed by atoms with E-state index in [0.717, 1.165) is 12.8 Å². The molecule has 0 amide bonds. The lowest BCUT2D eigenvalue weighted by atomic mass is 9.97. The highest BCUT2D eigenvalue weighted by atomic mass is 16.8. The van der Waals surface area contributed by atoms with Crippen LogP contribution in [0.1, 0.15) is 40.5 Å². The van der Waals surface area contributed by atoms with E-state index in [1.807, 2.05) is 13.8 Å².